The number of hydrogen-bond donors (Lipinski definition) is 1. The average Bonchev–Trinajstić information content (AvgIpc) is 2.90. The molecule has 1 aliphatic heterocycles. The number of carbonyl (C=O) groups is 2. The second-order valence-electron chi connectivity index (χ2n) is 8.13. The molecule has 3 aromatic rings. The molecule has 0 bridgehead atoms. The number of rotatable bonds is 7. The van der Waals surface area contributed by atoms with Crippen LogP contribution in [0.5, 0.6) is 17.2 Å². The lowest BCUT2D eigenvalue weighted by Crippen LogP contribution is -2.44. The molecule has 0 unspecified atom stereocenters. The second kappa shape index (κ2) is 11.2. The monoisotopic (exact) mass is 510 g/mol. The van der Waals surface area contributed by atoms with Crippen molar-refractivity contribution in [3.05, 3.63) is 82.4 Å². The SMILES string of the molecule is COC(=O)c1ccc(OC[C@@H]2c3cc(OC)c(OC)cc3CCN2C(=O)Nc2cccc(Cl)c2)cc1. The molecule has 3 aromatic carbocycles. The molecule has 9 heteroatoms. The topological polar surface area (TPSA) is 86.3 Å². The minimum absolute atomic E-state index is 0.184. The van der Waals surface area contributed by atoms with Gasteiger partial charge in [-0.15, -0.1) is 0 Å². The van der Waals surface area contributed by atoms with Gasteiger partial charge in [-0.3, -0.25) is 0 Å². The fourth-order valence-electron chi connectivity index (χ4n) is 4.19. The van der Waals surface area contributed by atoms with E-state index in [4.69, 9.17) is 30.5 Å². The van der Waals surface area contributed by atoms with Crippen LogP contribution < -0.4 is 19.5 Å². The molecule has 1 heterocycles. The lowest BCUT2D eigenvalue weighted by Gasteiger charge is -2.37. The van der Waals surface area contributed by atoms with Gasteiger partial charge in [-0.05, 0) is 72.1 Å². The smallest absolute Gasteiger partial charge is 0.337 e. The lowest BCUT2D eigenvalue weighted by atomic mass is 9.92. The van der Waals surface area contributed by atoms with Crippen molar-refractivity contribution >= 4 is 29.3 Å². The van der Waals surface area contributed by atoms with Crippen molar-refractivity contribution in [1.82, 2.24) is 4.90 Å². The zero-order valence-corrected chi connectivity index (χ0v) is 21.0. The quantitative estimate of drug-likeness (QED) is 0.431. The van der Waals surface area contributed by atoms with E-state index in [2.05, 4.69) is 5.32 Å². The van der Waals surface area contributed by atoms with Crippen molar-refractivity contribution in [3.8, 4) is 17.2 Å². The first-order valence-electron chi connectivity index (χ1n) is 11.3. The summed E-state index contributed by atoms with van der Waals surface area (Å²) in [5, 5.41) is 3.46. The number of fused-ring (bicyclic) bond motifs is 1. The van der Waals surface area contributed by atoms with E-state index in [0.717, 1.165) is 11.1 Å². The summed E-state index contributed by atoms with van der Waals surface area (Å²) < 4.78 is 21.8. The minimum Gasteiger partial charge on any atom is -0.493 e. The highest BCUT2D eigenvalue weighted by atomic mass is 35.5. The molecule has 1 atom stereocenters. The fraction of sp³-hybridized carbons (Fsp3) is 0.259. The summed E-state index contributed by atoms with van der Waals surface area (Å²) in [6.07, 6.45) is 0.642. The second-order valence-corrected chi connectivity index (χ2v) is 8.57. The summed E-state index contributed by atoms with van der Waals surface area (Å²) in [5.74, 6) is 1.34. The van der Waals surface area contributed by atoms with Crippen molar-refractivity contribution in [1.29, 1.82) is 0 Å². The van der Waals surface area contributed by atoms with Gasteiger partial charge in [0, 0.05) is 17.3 Å². The Morgan fingerprint density at radius 1 is 1.00 bits per heavy atom. The van der Waals surface area contributed by atoms with Crippen molar-refractivity contribution in [2.45, 2.75) is 12.5 Å². The molecule has 4 rings (SSSR count). The Labute approximate surface area is 214 Å². The summed E-state index contributed by atoms with van der Waals surface area (Å²) in [6.45, 7) is 0.660. The van der Waals surface area contributed by atoms with Gasteiger partial charge in [0.15, 0.2) is 11.5 Å². The third kappa shape index (κ3) is 5.49. The minimum atomic E-state index is -0.423. The lowest BCUT2D eigenvalue weighted by molar-refractivity contribution is 0.0600. The van der Waals surface area contributed by atoms with E-state index in [9.17, 15) is 9.59 Å². The van der Waals surface area contributed by atoms with Crippen LogP contribution in [0.25, 0.3) is 0 Å². The first-order valence-corrected chi connectivity index (χ1v) is 11.7. The molecule has 36 heavy (non-hydrogen) atoms. The maximum Gasteiger partial charge on any atom is 0.337 e. The van der Waals surface area contributed by atoms with Crippen LogP contribution in [0.1, 0.15) is 27.5 Å². The number of anilines is 1. The number of nitrogens with zero attached hydrogens (tertiary/aromatic N) is 1. The largest absolute Gasteiger partial charge is 0.493 e. The molecular formula is C27H27ClN2O6. The third-order valence-electron chi connectivity index (χ3n) is 6.02. The Kier molecular flexibility index (Phi) is 7.85. The number of ether oxygens (including phenoxy) is 4. The van der Waals surface area contributed by atoms with Crippen molar-refractivity contribution in [2.24, 2.45) is 0 Å². The standard InChI is InChI=1S/C27H27ClN2O6/c1-33-24-13-18-11-12-30(27(32)29-20-6-4-5-19(28)14-20)23(22(18)15-25(24)34-2)16-36-21-9-7-17(8-10-21)26(31)35-3/h4-10,13-15,23H,11-12,16H2,1-3H3,(H,29,32)/t23-/m1/s1. The molecule has 0 fully saturated rings. The number of urea groups is 1. The van der Waals surface area contributed by atoms with Gasteiger partial charge in [0.05, 0.1) is 32.9 Å². The molecule has 1 N–H and O–H groups in total. The summed E-state index contributed by atoms with van der Waals surface area (Å²) in [6, 6.07) is 16.8. The van der Waals surface area contributed by atoms with E-state index in [1.54, 1.807) is 67.7 Å². The molecule has 8 nitrogen and oxygen atoms in total. The number of hydrogen-bond acceptors (Lipinski definition) is 6. The highest BCUT2D eigenvalue weighted by molar-refractivity contribution is 6.30. The molecular weight excluding hydrogens is 484 g/mol. The maximum absolute atomic E-state index is 13.3. The Balaban J connectivity index is 1.62. The normalized spacial score (nSPS) is 14.4. The van der Waals surface area contributed by atoms with Crippen LogP contribution in [-0.2, 0) is 11.2 Å². The molecule has 0 spiro atoms. The summed E-state index contributed by atoms with van der Waals surface area (Å²) in [7, 11) is 4.50. The zero-order chi connectivity index (χ0) is 25.7. The van der Waals surface area contributed by atoms with E-state index in [1.807, 2.05) is 12.1 Å². The van der Waals surface area contributed by atoms with Crippen LogP contribution in [0.2, 0.25) is 5.02 Å². The Morgan fingerprint density at radius 3 is 2.39 bits per heavy atom. The Bertz CT molecular complexity index is 1250. The van der Waals surface area contributed by atoms with Crippen LogP contribution in [0.15, 0.2) is 60.7 Å². The number of methoxy groups -OCH3 is 3. The molecule has 1 aliphatic rings. The van der Waals surface area contributed by atoms with Gasteiger partial charge in [0.1, 0.15) is 12.4 Å². The fourth-order valence-corrected chi connectivity index (χ4v) is 4.38. The molecule has 0 saturated carbocycles. The van der Waals surface area contributed by atoms with Crippen molar-refractivity contribution < 1.29 is 28.5 Å². The molecule has 0 saturated heterocycles. The van der Waals surface area contributed by atoms with Crippen LogP contribution in [0, 0.1) is 0 Å². The molecule has 0 aromatic heterocycles. The predicted molar refractivity (Wildman–Crippen MR) is 136 cm³/mol. The Morgan fingerprint density at radius 2 is 1.72 bits per heavy atom. The van der Waals surface area contributed by atoms with Gasteiger partial charge >= 0.3 is 12.0 Å². The number of benzene rings is 3. The van der Waals surface area contributed by atoms with E-state index in [0.29, 0.717) is 46.5 Å². The predicted octanol–water partition coefficient (Wildman–Crippen LogP) is 5.35. The summed E-state index contributed by atoms with van der Waals surface area (Å²) in [5.41, 5.74) is 2.98. The van der Waals surface area contributed by atoms with Gasteiger partial charge in [-0.25, -0.2) is 9.59 Å². The number of esters is 1. The van der Waals surface area contributed by atoms with Crippen LogP contribution in [0.3, 0.4) is 0 Å². The van der Waals surface area contributed by atoms with E-state index in [-0.39, 0.29) is 12.6 Å². The number of amides is 2. The van der Waals surface area contributed by atoms with Gasteiger partial charge in [-0.1, -0.05) is 17.7 Å². The zero-order valence-electron chi connectivity index (χ0n) is 20.2. The van der Waals surface area contributed by atoms with Gasteiger partial charge in [-0.2, -0.15) is 0 Å². The Hall–Kier alpha value is -3.91. The maximum atomic E-state index is 13.3. The van der Waals surface area contributed by atoms with Crippen LogP contribution in [-0.4, -0.2) is 51.4 Å². The van der Waals surface area contributed by atoms with E-state index < -0.39 is 12.0 Å². The van der Waals surface area contributed by atoms with Crippen molar-refractivity contribution in [3.63, 3.8) is 0 Å². The third-order valence-corrected chi connectivity index (χ3v) is 6.26. The summed E-state index contributed by atoms with van der Waals surface area (Å²) in [4.78, 5) is 26.8. The first-order chi connectivity index (χ1) is 17.4. The van der Waals surface area contributed by atoms with Gasteiger partial charge < -0.3 is 29.2 Å². The van der Waals surface area contributed by atoms with Crippen LogP contribution in [0.4, 0.5) is 10.5 Å². The first kappa shape index (κ1) is 25.2. The average molecular weight is 511 g/mol. The highest BCUT2D eigenvalue weighted by Gasteiger charge is 2.33. The van der Waals surface area contributed by atoms with Gasteiger partial charge in [0.2, 0.25) is 0 Å². The number of carbonyl (C=O) groups excluding carboxylic acids is 2. The molecule has 188 valence electrons. The van der Waals surface area contributed by atoms with Crippen molar-refractivity contribution in [2.75, 3.05) is 39.8 Å². The van der Waals surface area contributed by atoms with E-state index in [1.165, 1.54) is 7.11 Å². The number of halogens is 1. The number of nitrogens with one attached hydrogen (secondary N) is 1. The highest BCUT2D eigenvalue weighted by Crippen LogP contribution is 2.38. The van der Waals surface area contributed by atoms with Gasteiger partial charge in [0.25, 0.3) is 0 Å². The van der Waals surface area contributed by atoms with E-state index >= 15 is 0 Å². The molecule has 0 radical (unpaired) electrons. The summed E-state index contributed by atoms with van der Waals surface area (Å²) >= 11 is 6.09. The molecule has 0 aliphatic carbocycles. The van der Waals surface area contributed by atoms with Crippen LogP contribution >= 0.6 is 11.6 Å². The molecule has 2 amide bonds.